The number of likely N-dealkylation sites (N-methyl/N-ethyl adjacent to an activating group) is 1. The average Bonchev–Trinajstić information content (AvgIpc) is 2.67. The SMILES string of the molecule is CCN(Cc1ccccn1)C1CCCC1(C)O. The molecule has 1 saturated carbocycles. The van der Waals surface area contributed by atoms with E-state index in [4.69, 9.17) is 0 Å². The summed E-state index contributed by atoms with van der Waals surface area (Å²) in [4.78, 5) is 6.70. The Morgan fingerprint density at radius 2 is 2.35 bits per heavy atom. The molecule has 0 radical (unpaired) electrons. The van der Waals surface area contributed by atoms with Crippen molar-refractivity contribution in [3.05, 3.63) is 30.1 Å². The minimum Gasteiger partial charge on any atom is -0.389 e. The van der Waals surface area contributed by atoms with Gasteiger partial charge in [0.2, 0.25) is 0 Å². The van der Waals surface area contributed by atoms with Gasteiger partial charge in [-0.25, -0.2) is 0 Å². The van der Waals surface area contributed by atoms with Crippen LogP contribution in [0.25, 0.3) is 0 Å². The van der Waals surface area contributed by atoms with Crippen LogP contribution < -0.4 is 0 Å². The van der Waals surface area contributed by atoms with Crippen LogP contribution in [-0.2, 0) is 6.54 Å². The molecule has 2 atom stereocenters. The molecule has 3 heteroatoms. The number of aliphatic hydroxyl groups is 1. The number of aromatic nitrogens is 1. The van der Waals surface area contributed by atoms with Crippen molar-refractivity contribution in [3.8, 4) is 0 Å². The summed E-state index contributed by atoms with van der Waals surface area (Å²) in [5.74, 6) is 0. The Balaban J connectivity index is 2.07. The minimum atomic E-state index is -0.537. The predicted octanol–water partition coefficient (Wildman–Crippen LogP) is 2.21. The van der Waals surface area contributed by atoms with E-state index in [9.17, 15) is 5.11 Å². The van der Waals surface area contributed by atoms with Crippen LogP contribution in [-0.4, -0.2) is 33.2 Å². The van der Waals surface area contributed by atoms with Gasteiger partial charge in [-0.05, 0) is 44.9 Å². The van der Waals surface area contributed by atoms with Crippen molar-refractivity contribution in [2.75, 3.05) is 6.54 Å². The van der Waals surface area contributed by atoms with Crippen molar-refractivity contribution < 1.29 is 5.11 Å². The Kier molecular flexibility index (Phi) is 3.79. The lowest BCUT2D eigenvalue weighted by molar-refractivity contribution is -0.0148. The fourth-order valence-electron chi connectivity index (χ4n) is 2.85. The quantitative estimate of drug-likeness (QED) is 0.867. The van der Waals surface area contributed by atoms with E-state index in [0.29, 0.717) is 0 Å². The van der Waals surface area contributed by atoms with E-state index in [0.717, 1.165) is 38.0 Å². The van der Waals surface area contributed by atoms with Gasteiger partial charge in [-0.15, -0.1) is 0 Å². The summed E-state index contributed by atoms with van der Waals surface area (Å²) in [5.41, 5.74) is 0.544. The first-order valence-corrected chi connectivity index (χ1v) is 6.50. The molecular weight excluding hydrogens is 212 g/mol. The number of pyridine rings is 1. The molecule has 1 fully saturated rings. The summed E-state index contributed by atoms with van der Waals surface area (Å²) in [5, 5.41) is 10.4. The third kappa shape index (κ3) is 2.85. The Morgan fingerprint density at radius 1 is 1.53 bits per heavy atom. The van der Waals surface area contributed by atoms with Crippen molar-refractivity contribution in [1.29, 1.82) is 0 Å². The third-order valence-electron chi connectivity index (χ3n) is 3.82. The number of rotatable bonds is 4. The molecule has 1 aromatic heterocycles. The topological polar surface area (TPSA) is 36.4 Å². The van der Waals surface area contributed by atoms with E-state index in [1.54, 1.807) is 0 Å². The molecule has 0 saturated heterocycles. The van der Waals surface area contributed by atoms with Gasteiger partial charge in [0.05, 0.1) is 11.3 Å². The molecule has 1 N–H and O–H groups in total. The van der Waals surface area contributed by atoms with Crippen LogP contribution >= 0.6 is 0 Å². The van der Waals surface area contributed by atoms with E-state index < -0.39 is 5.60 Å². The molecule has 94 valence electrons. The first-order chi connectivity index (χ1) is 8.13. The van der Waals surface area contributed by atoms with Crippen LogP contribution in [0, 0.1) is 0 Å². The zero-order valence-electron chi connectivity index (χ0n) is 10.8. The molecule has 0 bridgehead atoms. The summed E-state index contributed by atoms with van der Waals surface area (Å²) >= 11 is 0. The highest BCUT2D eigenvalue weighted by Crippen LogP contribution is 2.33. The minimum absolute atomic E-state index is 0.273. The molecule has 0 spiro atoms. The van der Waals surface area contributed by atoms with E-state index in [-0.39, 0.29) is 6.04 Å². The standard InChI is InChI=1S/C14H22N2O/c1-3-16(11-12-7-4-5-10-15-12)13-8-6-9-14(13,2)17/h4-5,7,10,13,17H,3,6,8-9,11H2,1-2H3. The van der Waals surface area contributed by atoms with Gasteiger partial charge in [0.1, 0.15) is 0 Å². The largest absolute Gasteiger partial charge is 0.389 e. The van der Waals surface area contributed by atoms with Crippen LogP contribution in [0.3, 0.4) is 0 Å². The monoisotopic (exact) mass is 234 g/mol. The summed E-state index contributed by atoms with van der Waals surface area (Å²) < 4.78 is 0. The Morgan fingerprint density at radius 3 is 2.88 bits per heavy atom. The fraction of sp³-hybridized carbons (Fsp3) is 0.643. The summed E-state index contributed by atoms with van der Waals surface area (Å²) in [6, 6.07) is 6.27. The molecule has 2 rings (SSSR count). The maximum atomic E-state index is 10.4. The van der Waals surface area contributed by atoms with Gasteiger partial charge < -0.3 is 5.11 Å². The van der Waals surface area contributed by atoms with E-state index in [1.807, 2.05) is 31.3 Å². The second-order valence-corrected chi connectivity index (χ2v) is 5.15. The van der Waals surface area contributed by atoms with Gasteiger partial charge in [0.25, 0.3) is 0 Å². The first-order valence-electron chi connectivity index (χ1n) is 6.50. The molecule has 1 aromatic rings. The van der Waals surface area contributed by atoms with Gasteiger partial charge in [0, 0.05) is 18.8 Å². The van der Waals surface area contributed by atoms with Crippen molar-refractivity contribution >= 4 is 0 Å². The maximum Gasteiger partial charge on any atom is 0.0774 e. The molecule has 1 heterocycles. The van der Waals surface area contributed by atoms with Crippen LogP contribution in [0.5, 0.6) is 0 Å². The summed E-state index contributed by atoms with van der Waals surface area (Å²) in [6.45, 7) is 5.90. The molecule has 0 amide bonds. The maximum absolute atomic E-state index is 10.4. The molecule has 1 aliphatic rings. The van der Waals surface area contributed by atoms with E-state index in [1.165, 1.54) is 0 Å². The lowest BCUT2D eigenvalue weighted by Gasteiger charge is -2.35. The second kappa shape index (κ2) is 5.15. The zero-order chi connectivity index (χ0) is 12.3. The fourth-order valence-corrected chi connectivity index (χ4v) is 2.85. The molecule has 3 nitrogen and oxygen atoms in total. The van der Waals surface area contributed by atoms with Gasteiger partial charge in [-0.3, -0.25) is 9.88 Å². The smallest absolute Gasteiger partial charge is 0.0774 e. The van der Waals surface area contributed by atoms with Crippen molar-refractivity contribution in [2.24, 2.45) is 0 Å². The molecule has 2 unspecified atom stereocenters. The lowest BCUT2D eigenvalue weighted by atomic mass is 9.99. The van der Waals surface area contributed by atoms with Crippen LogP contribution in [0.4, 0.5) is 0 Å². The zero-order valence-corrected chi connectivity index (χ0v) is 10.8. The summed E-state index contributed by atoms with van der Waals surface area (Å²) in [6.07, 6.45) is 4.95. The number of hydrogen-bond acceptors (Lipinski definition) is 3. The van der Waals surface area contributed by atoms with Gasteiger partial charge >= 0.3 is 0 Å². The summed E-state index contributed by atoms with van der Waals surface area (Å²) in [7, 11) is 0. The highest BCUT2D eigenvalue weighted by molar-refractivity contribution is 5.05. The highest BCUT2D eigenvalue weighted by atomic mass is 16.3. The van der Waals surface area contributed by atoms with Gasteiger partial charge in [-0.2, -0.15) is 0 Å². The van der Waals surface area contributed by atoms with Crippen molar-refractivity contribution in [1.82, 2.24) is 9.88 Å². The first kappa shape index (κ1) is 12.5. The normalized spacial score (nSPS) is 28.8. The molecule has 17 heavy (non-hydrogen) atoms. The second-order valence-electron chi connectivity index (χ2n) is 5.15. The number of hydrogen-bond donors (Lipinski definition) is 1. The van der Waals surface area contributed by atoms with E-state index in [2.05, 4.69) is 16.8 Å². The lowest BCUT2D eigenvalue weighted by Crippen LogP contribution is -2.47. The average molecular weight is 234 g/mol. The molecule has 0 aromatic carbocycles. The molecule has 1 aliphatic carbocycles. The van der Waals surface area contributed by atoms with Gasteiger partial charge in [0.15, 0.2) is 0 Å². The Hall–Kier alpha value is -0.930. The Labute approximate surface area is 103 Å². The van der Waals surface area contributed by atoms with Crippen LogP contribution in [0.15, 0.2) is 24.4 Å². The van der Waals surface area contributed by atoms with Crippen LogP contribution in [0.1, 0.15) is 38.8 Å². The van der Waals surface area contributed by atoms with Crippen molar-refractivity contribution in [3.63, 3.8) is 0 Å². The van der Waals surface area contributed by atoms with E-state index >= 15 is 0 Å². The molecule has 0 aliphatic heterocycles. The van der Waals surface area contributed by atoms with Crippen molar-refractivity contribution in [2.45, 2.75) is 51.3 Å². The predicted molar refractivity (Wildman–Crippen MR) is 68.6 cm³/mol. The third-order valence-corrected chi connectivity index (χ3v) is 3.82. The Bertz CT molecular complexity index is 350. The van der Waals surface area contributed by atoms with Crippen LogP contribution in [0.2, 0.25) is 0 Å². The number of nitrogens with zero attached hydrogens (tertiary/aromatic N) is 2. The van der Waals surface area contributed by atoms with Gasteiger partial charge in [-0.1, -0.05) is 13.0 Å². The highest BCUT2D eigenvalue weighted by Gasteiger charge is 2.39. The molecular formula is C14H22N2O.